The molecule has 2 aromatic rings. The number of aryl methyl sites for hydroxylation is 3. The number of thiophene rings is 1. The molecule has 0 saturated heterocycles. The van der Waals surface area contributed by atoms with Crippen molar-refractivity contribution in [3.8, 4) is 11.1 Å². The summed E-state index contributed by atoms with van der Waals surface area (Å²) in [6.07, 6.45) is 1.46. The number of rotatable bonds is 5. The van der Waals surface area contributed by atoms with Crippen LogP contribution in [-0.4, -0.2) is 25.0 Å². The molecule has 0 unspecified atom stereocenters. The van der Waals surface area contributed by atoms with Gasteiger partial charge in [0.1, 0.15) is 10.6 Å². The van der Waals surface area contributed by atoms with E-state index in [0.29, 0.717) is 16.6 Å². The minimum atomic E-state index is -1.48. The number of carboxylic acids is 1. The number of aliphatic carboxylic acids is 1. The normalized spacial score (nSPS) is 10.8. The van der Waals surface area contributed by atoms with Crippen LogP contribution in [0.2, 0.25) is 0 Å². The van der Waals surface area contributed by atoms with Crippen molar-refractivity contribution in [2.75, 3.05) is 12.4 Å². The van der Waals surface area contributed by atoms with Gasteiger partial charge in [-0.2, -0.15) is 0 Å². The zero-order chi connectivity index (χ0) is 19.4. The van der Waals surface area contributed by atoms with Gasteiger partial charge in [0.15, 0.2) is 0 Å². The highest BCUT2D eigenvalue weighted by Gasteiger charge is 2.24. The summed E-state index contributed by atoms with van der Waals surface area (Å²) in [7, 11) is 1.26. The molecule has 2 rings (SSSR count). The van der Waals surface area contributed by atoms with Crippen molar-refractivity contribution >= 4 is 34.2 Å². The summed E-state index contributed by atoms with van der Waals surface area (Å²) < 4.78 is 4.88. The summed E-state index contributed by atoms with van der Waals surface area (Å²) >= 11 is 1.22. The van der Waals surface area contributed by atoms with E-state index in [0.717, 1.165) is 27.6 Å². The number of carbonyl (C=O) groups excluding carboxylic acids is 3. The average molecular weight is 372 g/mol. The summed E-state index contributed by atoms with van der Waals surface area (Å²) in [5.74, 6) is -2.74. The quantitative estimate of drug-likeness (QED) is 0.642. The first-order chi connectivity index (χ1) is 12.2. The van der Waals surface area contributed by atoms with E-state index < -0.39 is 17.8 Å². The molecule has 0 aliphatic carbocycles. The molecule has 0 aliphatic heterocycles. The number of nitrogens with one attached hydrogen (secondary N) is 1. The first-order valence-corrected chi connectivity index (χ1v) is 8.55. The van der Waals surface area contributed by atoms with Gasteiger partial charge in [0.25, 0.3) is 0 Å². The maximum absolute atomic E-state index is 12.4. The fraction of sp³-hybridized carbons (Fsp3) is 0.211. The topological polar surface area (TPSA) is 95.5 Å². The Labute approximate surface area is 155 Å². The Morgan fingerprint density at radius 3 is 2.38 bits per heavy atom. The number of amides is 1. The Morgan fingerprint density at radius 2 is 1.81 bits per heavy atom. The van der Waals surface area contributed by atoms with Crippen molar-refractivity contribution in [1.29, 1.82) is 0 Å². The van der Waals surface area contributed by atoms with E-state index in [-0.39, 0.29) is 5.56 Å². The average Bonchev–Trinajstić information content (AvgIpc) is 2.90. The Morgan fingerprint density at radius 1 is 1.12 bits per heavy atom. The number of esters is 1. The van der Waals surface area contributed by atoms with Crippen LogP contribution in [-0.2, 0) is 14.3 Å². The number of carboxylic acid groups (broad SMARTS) is 1. The van der Waals surface area contributed by atoms with E-state index in [1.54, 1.807) is 0 Å². The van der Waals surface area contributed by atoms with Crippen LogP contribution in [0.3, 0.4) is 0 Å². The first kappa shape index (κ1) is 19.4. The van der Waals surface area contributed by atoms with E-state index in [1.807, 2.05) is 39.0 Å². The lowest BCUT2D eigenvalue weighted by Gasteiger charge is -2.09. The summed E-state index contributed by atoms with van der Waals surface area (Å²) in [4.78, 5) is 35.5. The van der Waals surface area contributed by atoms with Crippen LogP contribution >= 0.6 is 11.3 Å². The van der Waals surface area contributed by atoms with Crippen LogP contribution in [0.4, 0.5) is 5.00 Å². The van der Waals surface area contributed by atoms with Gasteiger partial charge in [-0.25, -0.2) is 4.79 Å². The van der Waals surface area contributed by atoms with Crippen molar-refractivity contribution in [1.82, 2.24) is 0 Å². The maximum atomic E-state index is 12.4. The van der Waals surface area contributed by atoms with Gasteiger partial charge in [-0.1, -0.05) is 18.2 Å². The van der Waals surface area contributed by atoms with Crippen LogP contribution < -0.4 is 10.4 Å². The molecule has 0 fully saturated rings. The zero-order valence-electron chi connectivity index (χ0n) is 14.8. The third-order valence-corrected chi connectivity index (χ3v) is 4.90. The van der Waals surface area contributed by atoms with Crippen LogP contribution in [0, 0.1) is 20.8 Å². The molecule has 1 heterocycles. The minimum Gasteiger partial charge on any atom is -0.545 e. The SMILES string of the molecule is COC(=O)c1c(NC(=O)C=CC(=O)[O-])sc(C)c1-c1ccc(C)c(C)c1. The molecule has 0 bridgehead atoms. The molecule has 6 nitrogen and oxygen atoms in total. The van der Waals surface area contributed by atoms with Gasteiger partial charge >= 0.3 is 5.97 Å². The number of benzene rings is 1. The number of hydrogen-bond donors (Lipinski definition) is 1. The molecule has 0 radical (unpaired) electrons. The summed E-state index contributed by atoms with van der Waals surface area (Å²) in [5, 5.41) is 13.3. The van der Waals surface area contributed by atoms with Crippen molar-refractivity contribution in [2.45, 2.75) is 20.8 Å². The first-order valence-electron chi connectivity index (χ1n) is 7.74. The van der Waals surface area contributed by atoms with Crippen molar-refractivity contribution in [3.05, 3.63) is 51.9 Å². The monoisotopic (exact) mass is 372 g/mol. The Kier molecular flexibility index (Phi) is 5.94. The zero-order valence-corrected chi connectivity index (χ0v) is 15.7. The lowest BCUT2D eigenvalue weighted by molar-refractivity contribution is -0.297. The second-order valence-electron chi connectivity index (χ2n) is 5.67. The van der Waals surface area contributed by atoms with E-state index in [4.69, 9.17) is 4.74 Å². The predicted molar refractivity (Wildman–Crippen MR) is 98.1 cm³/mol. The second-order valence-corrected chi connectivity index (χ2v) is 6.89. The summed E-state index contributed by atoms with van der Waals surface area (Å²) in [6.45, 7) is 5.82. The Bertz CT molecular complexity index is 911. The molecule has 1 aromatic heterocycles. The predicted octanol–water partition coefficient (Wildman–Crippen LogP) is 2.37. The van der Waals surface area contributed by atoms with Crippen LogP contribution in [0.1, 0.15) is 26.4 Å². The molecular weight excluding hydrogens is 354 g/mol. The van der Waals surface area contributed by atoms with Crippen LogP contribution in [0.5, 0.6) is 0 Å². The highest BCUT2D eigenvalue weighted by atomic mass is 32.1. The molecule has 1 aromatic carbocycles. The number of hydrogen-bond acceptors (Lipinski definition) is 6. The molecule has 136 valence electrons. The lowest BCUT2D eigenvalue weighted by Crippen LogP contribution is -2.20. The third kappa shape index (κ3) is 4.18. The fourth-order valence-corrected chi connectivity index (χ4v) is 3.54. The molecule has 0 atom stereocenters. The highest BCUT2D eigenvalue weighted by Crippen LogP contribution is 2.40. The molecule has 1 amide bonds. The molecule has 0 aliphatic rings. The van der Waals surface area contributed by atoms with Gasteiger partial charge in [0, 0.05) is 16.5 Å². The number of carbonyl (C=O) groups is 3. The Hall–Kier alpha value is -2.93. The van der Waals surface area contributed by atoms with E-state index in [1.165, 1.54) is 18.4 Å². The van der Waals surface area contributed by atoms with E-state index in [9.17, 15) is 19.5 Å². The van der Waals surface area contributed by atoms with Crippen molar-refractivity contribution in [2.24, 2.45) is 0 Å². The van der Waals surface area contributed by atoms with Gasteiger partial charge in [-0.15, -0.1) is 11.3 Å². The molecule has 26 heavy (non-hydrogen) atoms. The van der Waals surface area contributed by atoms with Crippen LogP contribution in [0.25, 0.3) is 11.1 Å². The third-order valence-electron chi connectivity index (χ3n) is 3.88. The molecule has 0 saturated carbocycles. The van der Waals surface area contributed by atoms with Crippen molar-refractivity contribution in [3.63, 3.8) is 0 Å². The standard InChI is InChI=1S/C19H19NO5S/c1-10-5-6-13(9-11(10)2)16-12(3)26-18(17(16)19(24)25-4)20-14(21)7-8-15(22)23/h5-9H,1-4H3,(H,20,21)(H,22,23)/p-1. The van der Waals surface area contributed by atoms with Gasteiger partial charge in [-0.3, -0.25) is 4.79 Å². The van der Waals surface area contributed by atoms with Gasteiger partial charge in [0.05, 0.1) is 13.1 Å². The number of methoxy groups -OCH3 is 1. The fourth-order valence-electron chi connectivity index (χ4n) is 2.47. The van der Waals surface area contributed by atoms with E-state index >= 15 is 0 Å². The maximum Gasteiger partial charge on any atom is 0.341 e. The van der Waals surface area contributed by atoms with Crippen molar-refractivity contribution < 1.29 is 24.2 Å². The molecule has 0 spiro atoms. The molecule has 1 N–H and O–H groups in total. The Balaban J connectivity index is 2.54. The van der Waals surface area contributed by atoms with Gasteiger partial charge < -0.3 is 20.0 Å². The minimum absolute atomic E-state index is 0.244. The van der Waals surface area contributed by atoms with Crippen LogP contribution in [0.15, 0.2) is 30.4 Å². The summed E-state index contributed by atoms with van der Waals surface area (Å²) in [5.41, 5.74) is 3.97. The molecule has 7 heteroatoms. The summed E-state index contributed by atoms with van der Waals surface area (Å²) in [6, 6.07) is 5.84. The highest BCUT2D eigenvalue weighted by molar-refractivity contribution is 7.17. The van der Waals surface area contributed by atoms with Gasteiger partial charge in [-0.05, 0) is 43.5 Å². The largest absolute Gasteiger partial charge is 0.545 e. The smallest absolute Gasteiger partial charge is 0.341 e. The van der Waals surface area contributed by atoms with E-state index in [2.05, 4.69) is 5.32 Å². The van der Waals surface area contributed by atoms with Gasteiger partial charge in [0.2, 0.25) is 5.91 Å². The molecular formula is C19H18NO5S-. The number of anilines is 1. The number of ether oxygens (including phenoxy) is 1. The lowest BCUT2D eigenvalue weighted by atomic mass is 9.97. The second kappa shape index (κ2) is 7.97.